The number of hydrogen-bond acceptors (Lipinski definition) is 4. The molecule has 0 amide bonds. The zero-order valence-corrected chi connectivity index (χ0v) is 11.1. The van der Waals surface area contributed by atoms with E-state index in [0.717, 1.165) is 0 Å². The Morgan fingerprint density at radius 3 is 2.67 bits per heavy atom. The van der Waals surface area contributed by atoms with Crippen molar-refractivity contribution in [1.82, 2.24) is 0 Å². The average molecular weight is 272 g/mol. The average Bonchev–Trinajstić information content (AvgIpc) is 2.30. The van der Waals surface area contributed by atoms with Crippen LogP contribution in [-0.4, -0.2) is 44.6 Å². The van der Waals surface area contributed by atoms with Gasteiger partial charge in [0.25, 0.3) is 5.78 Å². The van der Waals surface area contributed by atoms with E-state index in [9.17, 15) is 13.8 Å². The fraction of sp³-hybridized carbons (Fsp3) is 0.545. The number of hydrogen-bond donors (Lipinski definition) is 0. The molecule has 18 heavy (non-hydrogen) atoms. The van der Waals surface area contributed by atoms with Crippen LogP contribution < -0.4 is 0 Å². The van der Waals surface area contributed by atoms with Crippen LogP contribution in [0.1, 0.15) is 19.8 Å². The monoisotopic (exact) mass is 272 g/mol. The minimum Gasteiger partial charge on any atom is -0.457 e. The number of nitrogens with zero attached hydrogens (tertiary/aromatic N) is 2. The van der Waals surface area contributed by atoms with Crippen LogP contribution in [0.2, 0.25) is 0 Å². The third-order valence-corrected chi connectivity index (χ3v) is 3.26. The smallest absolute Gasteiger partial charge is 0.441 e. The summed E-state index contributed by atoms with van der Waals surface area (Å²) in [5.41, 5.74) is 7.96. The van der Waals surface area contributed by atoms with Gasteiger partial charge in [0.05, 0.1) is 6.61 Å². The normalized spacial score (nSPS) is 11.2. The molecule has 0 rings (SSSR count). The zero-order valence-electron chi connectivity index (χ0n) is 10.3. The first-order chi connectivity index (χ1) is 8.56. The van der Waals surface area contributed by atoms with E-state index in [1.165, 1.54) is 6.08 Å². The highest BCUT2D eigenvalue weighted by Gasteiger charge is 2.30. The number of ketones is 1. The third-order valence-electron chi connectivity index (χ3n) is 1.91. The molecular weight excluding hydrogens is 256 g/mol. The molecule has 6 nitrogen and oxygen atoms in total. The molecule has 0 aromatic rings. The van der Waals surface area contributed by atoms with E-state index in [4.69, 9.17) is 5.53 Å². The lowest BCUT2D eigenvalue weighted by Gasteiger charge is -1.98. The van der Waals surface area contributed by atoms with Crippen LogP contribution in [0, 0.1) is 0 Å². The molecule has 0 aliphatic rings. The van der Waals surface area contributed by atoms with Gasteiger partial charge in [0, 0.05) is 28.7 Å². The van der Waals surface area contributed by atoms with Crippen molar-refractivity contribution in [2.24, 2.45) is 0 Å². The summed E-state index contributed by atoms with van der Waals surface area (Å²) in [6, 6.07) is 0. The number of ether oxygens (including phenoxy) is 1. The minimum absolute atomic E-state index is 0.0128. The van der Waals surface area contributed by atoms with Crippen molar-refractivity contribution in [3.05, 3.63) is 18.2 Å². The summed E-state index contributed by atoms with van der Waals surface area (Å²) >= 11 is 0. The van der Waals surface area contributed by atoms with Gasteiger partial charge in [-0.3, -0.25) is 9.00 Å². The molecule has 0 aliphatic heterocycles. The molecule has 0 saturated carbocycles. The van der Waals surface area contributed by atoms with Crippen LogP contribution in [-0.2, 0) is 25.1 Å². The second-order valence-electron chi connectivity index (χ2n) is 3.30. The van der Waals surface area contributed by atoms with Gasteiger partial charge in [0.2, 0.25) is 0 Å². The second-order valence-corrected chi connectivity index (χ2v) is 4.92. The van der Waals surface area contributed by atoms with Gasteiger partial charge in [-0.25, -0.2) is 4.79 Å². The molecule has 0 aromatic heterocycles. The van der Waals surface area contributed by atoms with Crippen molar-refractivity contribution in [3.63, 3.8) is 0 Å². The van der Waals surface area contributed by atoms with Crippen molar-refractivity contribution in [2.75, 3.05) is 18.1 Å². The Balaban J connectivity index is 4.23. The summed E-state index contributed by atoms with van der Waals surface area (Å²) in [5.74, 6) is -0.865. The Bertz CT molecular complexity index is 400. The van der Waals surface area contributed by atoms with E-state index in [2.05, 4.69) is 16.1 Å². The van der Waals surface area contributed by atoms with Crippen molar-refractivity contribution in [1.29, 1.82) is 0 Å². The highest BCUT2D eigenvalue weighted by molar-refractivity contribution is 7.85. The molecule has 1 atom stereocenters. The van der Waals surface area contributed by atoms with Crippen LogP contribution in [0.25, 0.3) is 5.53 Å². The zero-order chi connectivity index (χ0) is 14.0. The molecule has 0 N–H and O–H groups in total. The Hall–Kier alpha value is -1.59. The van der Waals surface area contributed by atoms with Gasteiger partial charge in [0.15, 0.2) is 0 Å². The first-order valence-electron chi connectivity index (χ1n) is 5.45. The lowest BCUT2D eigenvalue weighted by atomic mass is 10.1. The van der Waals surface area contributed by atoms with Crippen molar-refractivity contribution >= 4 is 28.3 Å². The number of carbonyl (C=O) groups excluding carboxylic acids is 2. The lowest BCUT2D eigenvalue weighted by Crippen LogP contribution is -2.27. The number of rotatable bonds is 9. The fourth-order valence-corrected chi connectivity index (χ4v) is 2.03. The molecule has 0 radical (unpaired) electrons. The van der Waals surface area contributed by atoms with Crippen LogP contribution in [0.3, 0.4) is 0 Å². The summed E-state index contributed by atoms with van der Waals surface area (Å²) in [4.78, 5) is 25.4. The standard InChI is InChI=1S/C11H16N2O4S/c1-3-7-18(16)8-5-6-9(14)10(13-12)11(15)17-4-2/h3H,1,4-8H2,2H3. The van der Waals surface area contributed by atoms with Gasteiger partial charge in [-0.05, 0) is 13.3 Å². The van der Waals surface area contributed by atoms with Gasteiger partial charge in [-0.1, -0.05) is 6.08 Å². The van der Waals surface area contributed by atoms with Gasteiger partial charge in [-0.15, -0.1) is 6.58 Å². The fourth-order valence-electron chi connectivity index (χ4n) is 1.14. The molecule has 1 unspecified atom stereocenters. The SMILES string of the molecule is C=CCS(=O)CCCC(=O)C(=[N+]=[N-])C(=O)OCC. The van der Waals surface area contributed by atoms with E-state index < -0.39 is 28.3 Å². The Morgan fingerprint density at radius 1 is 1.50 bits per heavy atom. The summed E-state index contributed by atoms with van der Waals surface area (Å²) in [7, 11) is -1.05. The Kier molecular flexibility index (Phi) is 8.61. The molecule has 0 saturated heterocycles. The van der Waals surface area contributed by atoms with E-state index in [0.29, 0.717) is 17.9 Å². The first kappa shape index (κ1) is 16.4. The summed E-state index contributed by atoms with van der Waals surface area (Å²) in [6.45, 7) is 5.13. The summed E-state index contributed by atoms with van der Waals surface area (Å²) < 4.78 is 15.8. The molecule has 0 heterocycles. The first-order valence-corrected chi connectivity index (χ1v) is 6.93. The topological polar surface area (TPSA) is 96.8 Å². The van der Waals surface area contributed by atoms with Gasteiger partial charge in [-0.2, -0.15) is 4.79 Å². The highest BCUT2D eigenvalue weighted by Crippen LogP contribution is 1.97. The van der Waals surface area contributed by atoms with E-state index in [1.807, 2.05) is 0 Å². The quantitative estimate of drug-likeness (QED) is 0.152. The van der Waals surface area contributed by atoms with Crippen molar-refractivity contribution in [3.8, 4) is 0 Å². The highest BCUT2D eigenvalue weighted by atomic mass is 32.2. The maximum Gasteiger partial charge on any atom is 0.441 e. The predicted octanol–water partition coefficient (Wildman–Crippen LogP) is 0.504. The van der Waals surface area contributed by atoms with Crippen molar-refractivity contribution < 1.29 is 23.3 Å². The van der Waals surface area contributed by atoms with Crippen LogP contribution >= 0.6 is 0 Å². The van der Waals surface area contributed by atoms with Crippen LogP contribution in [0.5, 0.6) is 0 Å². The second kappa shape index (κ2) is 9.44. The summed E-state index contributed by atoms with van der Waals surface area (Å²) in [6.07, 6.45) is 1.87. The third kappa shape index (κ3) is 6.22. The largest absolute Gasteiger partial charge is 0.457 e. The maximum atomic E-state index is 11.5. The molecule has 0 aromatic carbocycles. The van der Waals surface area contributed by atoms with Crippen LogP contribution in [0.4, 0.5) is 0 Å². The van der Waals surface area contributed by atoms with E-state index >= 15 is 0 Å². The van der Waals surface area contributed by atoms with Gasteiger partial charge in [0.1, 0.15) is 0 Å². The Morgan fingerprint density at radius 2 is 2.17 bits per heavy atom. The maximum absolute atomic E-state index is 11.5. The number of Topliss-reactive ketones (excluding diaryl/α,β-unsaturated/α-hetero) is 1. The lowest BCUT2D eigenvalue weighted by molar-refractivity contribution is -0.141. The van der Waals surface area contributed by atoms with Crippen molar-refractivity contribution in [2.45, 2.75) is 19.8 Å². The van der Waals surface area contributed by atoms with E-state index in [-0.39, 0.29) is 13.0 Å². The molecule has 0 bridgehead atoms. The number of esters is 1. The van der Waals surface area contributed by atoms with Gasteiger partial charge < -0.3 is 10.3 Å². The molecule has 0 aliphatic carbocycles. The van der Waals surface area contributed by atoms with Crippen LogP contribution in [0.15, 0.2) is 12.7 Å². The molecular formula is C11H16N2O4S. The molecule has 100 valence electrons. The predicted molar refractivity (Wildman–Crippen MR) is 67.6 cm³/mol. The molecule has 0 spiro atoms. The number of carbonyl (C=O) groups is 2. The molecule has 7 heteroatoms. The van der Waals surface area contributed by atoms with E-state index in [1.54, 1.807) is 6.92 Å². The Labute approximate surface area is 108 Å². The minimum atomic E-state index is -1.05. The summed E-state index contributed by atoms with van der Waals surface area (Å²) in [5, 5.41) is 0. The molecule has 0 fully saturated rings. The van der Waals surface area contributed by atoms with Gasteiger partial charge >= 0.3 is 11.7 Å².